The van der Waals surface area contributed by atoms with E-state index in [1.165, 1.54) is 0 Å². The molecule has 0 aromatic rings. The highest BCUT2D eigenvalue weighted by Crippen LogP contribution is 2.22. The average Bonchev–Trinajstić information content (AvgIpc) is 1.49. The van der Waals surface area contributed by atoms with Crippen molar-refractivity contribution in [1.82, 2.24) is 5.32 Å². The Kier molecular flexibility index (Phi) is 1.91. The second-order valence-electron chi connectivity index (χ2n) is 2.82. The van der Waals surface area contributed by atoms with Crippen molar-refractivity contribution < 1.29 is 25.5 Å². The second-order valence-corrected chi connectivity index (χ2v) is 2.82. The van der Waals surface area contributed by atoms with Gasteiger partial charge in [0.25, 0.3) is 0 Å². The number of hydrogen-bond donors (Lipinski definition) is 6. The summed E-state index contributed by atoms with van der Waals surface area (Å²) >= 11 is 0. The summed E-state index contributed by atoms with van der Waals surface area (Å²) in [4.78, 5) is 0. The molecule has 1 saturated heterocycles. The lowest BCUT2D eigenvalue weighted by atomic mass is 10.0. The lowest BCUT2D eigenvalue weighted by Crippen LogP contribution is -2.64. The van der Waals surface area contributed by atoms with E-state index in [9.17, 15) is 0 Å². The minimum absolute atomic E-state index is 0.351. The van der Waals surface area contributed by atoms with Gasteiger partial charge in [-0.25, -0.2) is 5.32 Å². The van der Waals surface area contributed by atoms with E-state index in [0.29, 0.717) is 0 Å². The Labute approximate surface area is 62.7 Å². The van der Waals surface area contributed by atoms with Gasteiger partial charge in [-0.05, 0) is 0 Å². The Morgan fingerprint density at radius 3 is 1.64 bits per heavy atom. The Balaban J connectivity index is 2.66. The molecule has 6 N–H and O–H groups in total. The van der Waals surface area contributed by atoms with Crippen LogP contribution < -0.4 is 5.32 Å². The fourth-order valence-electron chi connectivity index (χ4n) is 1.15. The quantitative estimate of drug-likeness (QED) is 0.213. The first kappa shape index (κ1) is 8.85. The third kappa shape index (κ3) is 2.37. The highest BCUT2D eigenvalue weighted by atomic mass is 16.6. The second kappa shape index (κ2) is 2.37. The van der Waals surface area contributed by atoms with Crippen LogP contribution in [0.15, 0.2) is 0 Å². The first-order valence-electron chi connectivity index (χ1n) is 3.18. The van der Waals surface area contributed by atoms with Crippen LogP contribution >= 0.6 is 0 Å². The van der Waals surface area contributed by atoms with Crippen LogP contribution in [0.1, 0.15) is 12.8 Å². The molecule has 6 nitrogen and oxygen atoms in total. The van der Waals surface area contributed by atoms with Crippen molar-refractivity contribution in [1.29, 1.82) is 0 Å². The zero-order valence-corrected chi connectivity index (χ0v) is 5.73. The van der Waals surface area contributed by atoms with Crippen molar-refractivity contribution in [3.8, 4) is 0 Å². The van der Waals surface area contributed by atoms with E-state index in [2.05, 4.69) is 0 Å². The first-order chi connectivity index (χ1) is 4.81. The molecule has 0 radical (unpaired) electrons. The summed E-state index contributed by atoms with van der Waals surface area (Å²) in [6.07, 6.45) is -1.84. The molecule has 0 amide bonds. The normalized spacial score (nSPS) is 30.3. The molecule has 0 aliphatic carbocycles. The van der Waals surface area contributed by atoms with Gasteiger partial charge in [-0.15, -0.1) is 0 Å². The summed E-state index contributed by atoms with van der Waals surface area (Å²) in [7, 11) is 0. The predicted octanol–water partition coefficient (Wildman–Crippen LogP) is -2.99. The van der Waals surface area contributed by atoms with Crippen molar-refractivity contribution in [2.24, 2.45) is 0 Å². The molecule has 1 heterocycles. The maximum absolute atomic E-state index is 8.90. The Hall–Kier alpha value is -0.240. The lowest BCUT2D eigenvalue weighted by molar-refractivity contribution is -0.325. The first-order valence-corrected chi connectivity index (χ1v) is 3.18. The van der Waals surface area contributed by atoms with Crippen molar-refractivity contribution >= 4 is 0 Å². The summed E-state index contributed by atoms with van der Waals surface area (Å²) in [5.74, 6) is -4.83. The van der Waals surface area contributed by atoms with Crippen molar-refractivity contribution in [2.75, 3.05) is 0 Å². The SMILES string of the molecule is OC1CC(O)(O)NC(O)(O)C1. The number of aliphatic hydroxyl groups excluding tert-OH is 1. The highest BCUT2D eigenvalue weighted by molar-refractivity contribution is 4.82. The summed E-state index contributed by atoms with van der Waals surface area (Å²) in [5, 5.41) is 46.0. The van der Waals surface area contributed by atoms with Crippen molar-refractivity contribution in [3.63, 3.8) is 0 Å². The van der Waals surface area contributed by atoms with Crippen LogP contribution in [-0.4, -0.2) is 43.5 Å². The zero-order valence-electron chi connectivity index (χ0n) is 5.73. The van der Waals surface area contributed by atoms with Crippen LogP contribution in [0.2, 0.25) is 0 Å². The van der Waals surface area contributed by atoms with E-state index in [1.807, 2.05) is 0 Å². The molecule has 0 saturated carbocycles. The van der Waals surface area contributed by atoms with E-state index in [-0.39, 0.29) is 12.8 Å². The van der Waals surface area contributed by atoms with Crippen LogP contribution in [0.5, 0.6) is 0 Å². The van der Waals surface area contributed by atoms with Gasteiger partial charge in [-0.3, -0.25) is 0 Å². The number of piperidine rings is 1. The fraction of sp³-hybridized carbons (Fsp3) is 1.00. The van der Waals surface area contributed by atoms with Crippen LogP contribution in [0.25, 0.3) is 0 Å². The molecule has 11 heavy (non-hydrogen) atoms. The minimum Gasteiger partial charge on any atom is -0.393 e. The third-order valence-corrected chi connectivity index (χ3v) is 1.44. The van der Waals surface area contributed by atoms with E-state index < -0.39 is 17.9 Å². The summed E-state index contributed by atoms with van der Waals surface area (Å²) in [6, 6.07) is 0. The number of rotatable bonds is 0. The minimum atomic E-state index is -2.42. The average molecular weight is 165 g/mol. The van der Waals surface area contributed by atoms with Gasteiger partial charge >= 0.3 is 0 Å². The van der Waals surface area contributed by atoms with Crippen LogP contribution in [0.4, 0.5) is 0 Å². The lowest BCUT2D eigenvalue weighted by Gasteiger charge is -2.38. The molecule has 1 aliphatic heterocycles. The van der Waals surface area contributed by atoms with Crippen LogP contribution in [0, 0.1) is 0 Å². The monoisotopic (exact) mass is 165 g/mol. The number of hydrogen-bond acceptors (Lipinski definition) is 6. The van der Waals surface area contributed by atoms with E-state index in [0.717, 1.165) is 0 Å². The van der Waals surface area contributed by atoms with E-state index in [4.69, 9.17) is 25.5 Å². The van der Waals surface area contributed by atoms with Gasteiger partial charge in [0.1, 0.15) is 0 Å². The molecule has 66 valence electrons. The smallest absolute Gasteiger partial charge is 0.228 e. The van der Waals surface area contributed by atoms with Crippen molar-refractivity contribution in [2.45, 2.75) is 30.8 Å². The van der Waals surface area contributed by atoms with Gasteiger partial charge in [0.2, 0.25) is 11.8 Å². The molecule has 0 atom stereocenters. The number of nitrogens with one attached hydrogen (secondary N) is 1. The van der Waals surface area contributed by atoms with Crippen LogP contribution in [-0.2, 0) is 0 Å². The Bertz CT molecular complexity index is 141. The maximum Gasteiger partial charge on any atom is 0.228 e. The van der Waals surface area contributed by atoms with Gasteiger partial charge in [0.05, 0.1) is 6.10 Å². The Morgan fingerprint density at radius 2 is 1.36 bits per heavy atom. The summed E-state index contributed by atoms with van der Waals surface area (Å²) < 4.78 is 0. The molecule has 0 bridgehead atoms. The molecular weight excluding hydrogens is 154 g/mol. The van der Waals surface area contributed by atoms with E-state index in [1.54, 1.807) is 5.32 Å². The standard InChI is InChI=1S/C5H11NO5/c7-3-1-4(8,9)6-5(10,11)2-3/h3,6-11H,1-2H2. The molecule has 0 unspecified atom stereocenters. The van der Waals surface area contributed by atoms with Crippen molar-refractivity contribution in [3.05, 3.63) is 0 Å². The molecule has 1 rings (SSSR count). The molecule has 0 spiro atoms. The highest BCUT2D eigenvalue weighted by Gasteiger charge is 2.43. The largest absolute Gasteiger partial charge is 0.393 e. The molecule has 0 aromatic carbocycles. The van der Waals surface area contributed by atoms with Gasteiger partial charge in [-0.1, -0.05) is 0 Å². The molecule has 1 fully saturated rings. The summed E-state index contributed by atoms with van der Waals surface area (Å²) in [5.41, 5.74) is 0. The van der Waals surface area contributed by atoms with Gasteiger partial charge < -0.3 is 25.5 Å². The predicted molar refractivity (Wildman–Crippen MR) is 32.7 cm³/mol. The fourth-order valence-corrected chi connectivity index (χ4v) is 1.15. The van der Waals surface area contributed by atoms with Gasteiger partial charge in [0, 0.05) is 12.8 Å². The molecule has 6 heteroatoms. The third-order valence-electron chi connectivity index (χ3n) is 1.44. The summed E-state index contributed by atoms with van der Waals surface area (Å²) in [6.45, 7) is 0. The topological polar surface area (TPSA) is 113 Å². The van der Waals surface area contributed by atoms with Crippen LogP contribution in [0.3, 0.4) is 0 Å². The number of aliphatic hydroxyl groups is 5. The van der Waals surface area contributed by atoms with Gasteiger partial charge in [-0.2, -0.15) is 0 Å². The molecule has 1 aliphatic rings. The zero-order chi connectivity index (χ0) is 8.70. The van der Waals surface area contributed by atoms with Gasteiger partial charge in [0.15, 0.2) is 0 Å². The molecule has 0 aromatic heterocycles. The van der Waals surface area contributed by atoms with E-state index >= 15 is 0 Å². The Morgan fingerprint density at radius 1 is 1.00 bits per heavy atom. The molecular formula is C5H11NO5. The maximum atomic E-state index is 8.90.